The van der Waals surface area contributed by atoms with Gasteiger partial charge in [0.15, 0.2) is 0 Å². The number of hydrogen-bond acceptors (Lipinski definition) is 5. The van der Waals surface area contributed by atoms with Crippen molar-refractivity contribution in [3.8, 4) is 5.88 Å². The largest absolute Gasteiger partial charge is 0.495 e. The number of aromatic nitrogens is 2. The monoisotopic (exact) mass is 234 g/mol. The van der Waals surface area contributed by atoms with Crippen LogP contribution in [0.1, 0.15) is 43.7 Å². The van der Waals surface area contributed by atoms with E-state index in [2.05, 4.69) is 9.97 Å². The molecule has 2 aliphatic rings. The molecule has 3 rings (SSSR count). The summed E-state index contributed by atoms with van der Waals surface area (Å²) in [5, 5.41) is 18.9. The first-order valence-corrected chi connectivity index (χ1v) is 6.13. The Morgan fingerprint density at radius 3 is 2.47 bits per heavy atom. The molecule has 0 saturated heterocycles. The van der Waals surface area contributed by atoms with Crippen LogP contribution in [0.15, 0.2) is 6.33 Å². The van der Waals surface area contributed by atoms with E-state index in [-0.39, 0.29) is 6.10 Å². The summed E-state index contributed by atoms with van der Waals surface area (Å²) in [4.78, 5) is 8.20. The zero-order valence-electron chi connectivity index (χ0n) is 9.54. The maximum Gasteiger partial charge on any atom is 0.495 e. The Balaban J connectivity index is 1.91. The zero-order chi connectivity index (χ0) is 11.8. The minimum atomic E-state index is -1.55. The van der Waals surface area contributed by atoms with Gasteiger partial charge >= 0.3 is 7.12 Å². The van der Waals surface area contributed by atoms with Crippen LogP contribution in [0.5, 0.6) is 5.88 Å². The van der Waals surface area contributed by atoms with Crippen LogP contribution < -0.4 is 10.2 Å². The van der Waals surface area contributed by atoms with Crippen molar-refractivity contribution < 1.29 is 14.8 Å². The Bertz CT molecular complexity index is 419. The highest BCUT2D eigenvalue weighted by Crippen LogP contribution is 2.39. The van der Waals surface area contributed by atoms with Crippen LogP contribution in [0.4, 0.5) is 0 Å². The number of rotatable bonds is 4. The van der Waals surface area contributed by atoms with Crippen LogP contribution in [0.25, 0.3) is 0 Å². The van der Waals surface area contributed by atoms with E-state index < -0.39 is 7.12 Å². The zero-order valence-corrected chi connectivity index (χ0v) is 9.54. The Labute approximate surface area is 100 Å². The van der Waals surface area contributed by atoms with Gasteiger partial charge in [-0.3, -0.25) is 0 Å². The van der Waals surface area contributed by atoms with Gasteiger partial charge in [0.05, 0.1) is 11.2 Å². The van der Waals surface area contributed by atoms with Gasteiger partial charge in [0.25, 0.3) is 0 Å². The summed E-state index contributed by atoms with van der Waals surface area (Å²) >= 11 is 0. The van der Waals surface area contributed by atoms with E-state index in [4.69, 9.17) is 4.74 Å². The van der Waals surface area contributed by atoms with E-state index in [0.29, 0.717) is 17.3 Å². The van der Waals surface area contributed by atoms with Crippen molar-refractivity contribution >= 4 is 12.6 Å². The molecule has 0 bridgehead atoms. The van der Waals surface area contributed by atoms with Gasteiger partial charge < -0.3 is 14.8 Å². The van der Waals surface area contributed by atoms with Crippen LogP contribution in [0, 0.1) is 0 Å². The predicted molar refractivity (Wildman–Crippen MR) is 62.1 cm³/mol. The molecule has 0 unspecified atom stereocenters. The highest BCUT2D eigenvalue weighted by molar-refractivity contribution is 6.60. The van der Waals surface area contributed by atoms with Crippen LogP contribution in [-0.4, -0.2) is 33.2 Å². The molecule has 5 nitrogen and oxygen atoms in total. The smallest absolute Gasteiger partial charge is 0.475 e. The summed E-state index contributed by atoms with van der Waals surface area (Å²) in [6, 6.07) is 0. The second-order valence-corrected chi connectivity index (χ2v) is 4.80. The summed E-state index contributed by atoms with van der Waals surface area (Å²) in [7, 11) is -1.55. The molecule has 0 aliphatic heterocycles. The average molecular weight is 234 g/mol. The third kappa shape index (κ3) is 2.15. The lowest BCUT2D eigenvalue weighted by molar-refractivity contribution is 0.115. The molecule has 2 fully saturated rings. The average Bonchev–Trinajstić information content (AvgIpc) is 3.06. The highest BCUT2D eigenvalue weighted by Gasteiger charge is 2.35. The fourth-order valence-corrected chi connectivity index (χ4v) is 2.06. The molecule has 2 saturated carbocycles. The molecule has 1 heterocycles. The predicted octanol–water partition coefficient (Wildman–Crippen LogP) is -0.0349. The molecule has 90 valence electrons. The second kappa shape index (κ2) is 4.27. The van der Waals surface area contributed by atoms with Gasteiger partial charge in [-0.2, -0.15) is 0 Å². The lowest BCUT2D eigenvalue weighted by Crippen LogP contribution is -2.38. The Kier molecular flexibility index (Phi) is 2.76. The van der Waals surface area contributed by atoms with Crippen LogP contribution in [0.3, 0.4) is 0 Å². The van der Waals surface area contributed by atoms with Crippen molar-refractivity contribution in [3.05, 3.63) is 12.0 Å². The van der Waals surface area contributed by atoms with Gasteiger partial charge in [0.1, 0.15) is 12.4 Å². The summed E-state index contributed by atoms with van der Waals surface area (Å²) in [5.41, 5.74) is 1.10. The van der Waals surface area contributed by atoms with Crippen LogP contribution in [-0.2, 0) is 0 Å². The van der Waals surface area contributed by atoms with E-state index in [0.717, 1.165) is 31.4 Å². The molecule has 1 aromatic heterocycles. The molecule has 6 heteroatoms. The topological polar surface area (TPSA) is 75.5 Å². The quantitative estimate of drug-likeness (QED) is 0.715. The molecule has 1 aromatic rings. The van der Waals surface area contributed by atoms with Crippen molar-refractivity contribution in [2.45, 2.75) is 44.1 Å². The number of hydrogen-bond donors (Lipinski definition) is 2. The maximum atomic E-state index is 9.46. The third-order valence-corrected chi connectivity index (χ3v) is 3.43. The second-order valence-electron chi connectivity index (χ2n) is 4.80. The first-order chi connectivity index (χ1) is 8.25. The first kappa shape index (κ1) is 11.0. The van der Waals surface area contributed by atoms with Gasteiger partial charge in [-0.25, -0.2) is 9.97 Å². The van der Waals surface area contributed by atoms with Gasteiger partial charge in [-0.05, 0) is 32.1 Å². The molecule has 17 heavy (non-hydrogen) atoms. The minimum absolute atomic E-state index is 0.175. The Morgan fingerprint density at radius 1 is 1.18 bits per heavy atom. The molecule has 0 atom stereocenters. The van der Waals surface area contributed by atoms with Crippen LogP contribution in [0.2, 0.25) is 0 Å². The molecule has 0 spiro atoms. The van der Waals surface area contributed by atoms with Crippen molar-refractivity contribution in [1.29, 1.82) is 0 Å². The van der Waals surface area contributed by atoms with E-state index in [9.17, 15) is 10.0 Å². The maximum absolute atomic E-state index is 9.46. The molecule has 0 radical (unpaired) electrons. The van der Waals surface area contributed by atoms with Crippen LogP contribution >= 0.6 is 0 Å². The van der Waals surface area contributed by atoms with Gasteiger partial charge in [-0.1, -0.05) is 0 Å². The Morgan fingerprint density at radius 2 is 1.94 bits per heavy atom. The van der Waals surface area contributed by atoms with E-state index in [1.54, 1.807) is 0 Å². The lowest BCUT2D eigenvalue weighted by Gasteiger charge is -2.27. The van der Waals surface area contributed by atoms with Gasteiger partial charge in [-0.15, -0.1) is 0 Å². The number of nitrogens with zero attached hydrogens (tertiary/aromatic N) is 2. The van der Waals surface area contributed by atoms with Crippen molar-refractivity contribution in [2.75, 3.05) is 0 Å². The number of ether oxygens (including phenoxy) is 1. The van der Waals surface area contributed by atoms with E-state index >= 15 is 0 Å². The highest BCUT2D eigenvalue weighted by atomic mass is 16.5. The standard InChI is InChI=1S/C11H15BN2O3/c15-12(16)9-10(7-4-5-7)13-6-14-11(9)17-8-2-1-3-8/h6-8,15-16H,1-5H2. The normalized spacial score (nSPS) is 19.9. The van der Waals surface area contributed by atoms with E-state index in [1.165, 1.54) is 12.7 Å². The fourth-order valence-electron chi connectivity index (χ4n) is 2.06. The van der Waals surface area contributed by atoms with Crippen molar-refractivity contribution in [2.24, 2.45) is 0 Å². The lowest BCUT2D eigenvalue weighted by atomic mass is 9.78. The fraction of sp³-hybridized carbons (Fsp3) is 0.636. The van der Waals surface area contributed by atoms with Gasteiger partial charge in [0.2, 0.25) is 5.88 Å². The summed E-state index contributed by atoms with van der Waals surface area (Å²) < 4.78 is 5.69. The molecular weight excluding hydrogens is 219 g/mol. The summed E-state index contributed by atoms with van der Waals surface area (Å²) in [6.45, 7) is 0. The summed E-state index contributed by atoms with van der Waals surface area (Å²) in [6.07, 6.45) is 6.94. The molecular formula is C11H15BN2O3. The van der Waals surface area contributed by atoms with E-state index in [1.807, 2.05) is 0 Å². The summed E-state index contributed by atoms with van der Waals surface area (Å²) in [5.74, 6) is 0.695. The van der Waals surface area contributed by atoms with Crippen molar-refractivity contribution in [1.82, 2.24) is 9.97 Å². The molecule has 0 aromatic carbocycles. The Hall–Kier alpha value is -1.14. The van der Waals surface area contributed by atoms with Crippen molar-refractivity contribution in [3.63, 3.8) is 0 Å². The third-order valence-electron chi connectivity index (χ3n) is 3.43. The molecule has 2 N–H and O–H groups in total. The minimum Gasteiger partial charge on any atom is -0.475 e. The SMILES string of the molecule is OB(O)c1c(OC2CCC2)ncnc1C1CC1. The van der Waals surface area contributed by atoms with Gasteiger partial charge in [0, 0.05) is 5.92 Å². The molecule has 2 aliphatic carbocycles. The molecule has 0 amide bonds. The first-order valence-electron chi connectivity index (χ1n) is 6.13.